The van der Waals surface area contributed by atoms with Gasteiger partial charge < -0.3 is 14.4 Å². The van der Waals surface area contributed by atoms with E-state index >= 15 is 0 Å². The highest BCUT2D eigenvalue weighted by Gasteiger charge is 2.19. The molecule has 138 valence electrons. The molecule has 0 spiro atoms. The summed E-state index contributed by atoms with van der Waals surface area (Å²) in [4.78, 5) is 16.7. The largest absolute Gasteiger partial charge is 0.493 e. The van der Waals surface area contributed by atoms with Crippen molar-refractivity contribution in [2.75, 3.05) is 46.4 Å². The number of hydrogen-bond acceptors (Lipinski definition) is 4. The smallest absolute Gasteiger partial charge is 0.246 e. The van der Waals surface area contributed by atoms with E-state index in [2.05, 4.69) is 18.7 Å². The molecule has 25 heavy (non-hydrogen) atoms. The summed E-state index contributed by atoms with van der Waals surface area (Å²) in [6.07, 6.45) is 3.48. The molecule has 1 aliphatic rings. The van der Waals surface area contributed by atoms with Crippen LogP contribution in [0.25, 0.3) is 6.08 Å². The van der Waals surface area contributed by atoms with Crippen LogP contribution in [-0.2, 0) is 4.79 Å². The summed E-state index contributed by atoms with van der Waals surface area (Å²) in [5, 5.41) is 0. The topological polar surface area (TPSA) is 42.0 Å². The van der Waals surface area contributed by atoms with Gasteiger partial charge in [0, 0.05) is 38.8 Å². The third-order valence-corrected chi connectivity index (χ3v) is 4.21. The predicted molar refractivity (Wildman–Crippen MR) is 101 cm³/mol. The Morgan fingerprint density at radius 2 is 1.92 bits per heavy atom. The lowest BCUT2D eigenvalue weighted by Crippen LogP contribution is -2.49. The van der Waals surface area contributed by atoms with Gasteiger partial charge in [-0.15, -0.1) is 0 Å². The van der Waals surface area contributed by atoms with Crippen molar-refractivity contribution in [1.82, 2.24) is 9.80 Å². The molecule has 0 bridgehead atoms. The van der Waals surface area contributed by atoms with E-state index in [1.807, 2.05) is 36.1 Å². The fourth-order valence-electron chi connectivity index (χ4n) is 3.00. The summed E-state index contributed by atoms with van der Waals surface area (Å²) in [5.41, 5.74) is 0.923. The van der Waals surface area contributed by atoms with E-state index in [1.165, 1.54) is 0 Å². The van der Waals surface area contributed by atoms with Crippen LogP contribution in [0.15, 0.2) is 24.3 Å². The number of methoxy groups -OCH3 is 1. The number of piperazine rings is 1. The van der Waals surface area contributed by atoms with Gasteiger partial charge >= 0.3 is 0 Å². The van der Waals surface area contributed by atoms with E-state index in [9.17, 15) is 4.79 Å². The molecule has 0 radical (unpaired) electrons. The molecule has 5 nitrogen and oxygen atoms in total. The van der Waals surface area contributed by atoms with Crippen molar-refractivity contribution in [3.05, 3.63) is 29.8 Å². The Labute approximate surface area is 151 Å². The minimum atomic E-state index is 0.0667. The third-order valence-electron chi connectivity index (χ3n) is 4.21. The molecular weight excluding hydrogens is 316 g/mol. The monoisotopic (exact) mass is 346 g/mol. The van der Waals surface area contributed by atoms with Gasteiger partial charge in [0.25, 0.3) is 0 Å². The second kappa shape index (κ2) is 9.47. The highest BCUT2D eigenvalue weighted by molar-refractivity contribution is 5.92. The molecule has 1 amide bonds. The normalized spacial score (nSPS) is 15.8. The first-order valence-electron chi connectivity index (χ1n) is 9.03. The molecule has 0 aliphatic carbocycles. The minimum absolute atomic E-state index is 0.0667. The van der Waals surface area contributed by atoms with Gasteiger partial charge in [-0.1, -0.05) is 19.9 Å². The predicted octanol–water partition coefficient (Wildman–Crippen LogP) is 2.91. The van der Waals surface area contributed by atoms with E-state index in [1.54, 1.807) is 13.2 Å². The standard InChI is InChI=1S/C20H30N2O3/c1-5-25-18-8-6-17(14-19(18)24-4)7-9-20(23)22-12-10-21(11-13-22)15-16(2)3/h6-9,14,16H,5,10-13,15H2,1-4H3/b9-7+. The summed E-state index contributed by atoms with van der Waals surface area (Å²) >= 11 is 0. The summed E-state index contributed by atoms with van der Waals surface area (Å²) in [6.45, 7) is 11.6. The van der Waals surface area contributed by atoms with Gasteiger partial charge in [0.1, 0.15) is 0 Å². The molecule has 1 aliphatic heterocycles. The zero-order valence-corrected chi connectivity index (χ0v) is 15.8. The molecule has 1 fully saturated rings. The molecule has 1 heterocycles. The quantitative estimate of drug-likeness (QED) is 0.712. The Kier molecular flexibility index (Phi) is 7.31. The molecule has 0 saturated carbocycles. The Bertz CT molecular complexity index is 591. The number of rotatable bonds is 7. The van der Waals surface area contributed by atoms with E-state index in [0.717, 1.165) is 44.0 Å². The van der Waals surface area contributed by atoms with Crippen LogP contribution >= 0.6 is 0 Å². The molecule has 1 saturated heterocycles. The molecule has 0 unspecified atom stereocenters. The van der Waals surface area contributed by atoms with Gasteiger partial charge in [0.05, 0.1) is 13.7 Å². The lowest BCUT2D eigenvalue weighted by molar-refractivity contribution is -0.127. The maximum absolute atomic E-state index is 12.4. The summed E-state index contributed by atoms with van der Waals surface area (Å²) in [7, 11) is 1.62. The number of carbonyl (C=O) groups is 1. The average molecular weight is 346 g/mol. The second-order valence-electron chi connectivity index (χ2n) is 6.70. The van der Waals surface area contributed by atoms with Gasteiger partial charge in [-0.25, -0.2) is 0 Å². The molecule has 2 rings (SSSR count). The minimum Gasteiger partial charge on any atom is -0.493 e. The molecule has 0 N–H and O–H groups in total. The summed E-state index contributed by atoms with van der Waals surface area (Å²) in [5.74, 6) is 2.13. The first-order chi connectivity index (χ1) is 12.0. The highest BCUT2D eigenvalue weighted by Crippen LogP contribution is 2.28. The molecule has 5 heteroatoms. The van der Waals surface area contributed by atoms with Crippen LogP contribution in [0, 0.1) is 5.92 Å². The first kappa shape index (κ1) is 19.3. The van der Waals surface area contributed by atoms with Crippen molar-refractivity contribution in [1.29, 1.82) is 0 Å². The van der Waals surface area contributed by atoms with Crippen LogP contribution < -0.4 is 9.47 Å². The number of amides is 1. The van der Waals surface area contributed by atoms with Gasteiger partial charge in [-0.3, -0.25) is 9.69 Å². The van der Waals surface area contributed by atoms with Crippen LogP contribution in [0.2, 0.25) is 0 Å². The number of carbonyl (C=O) groups excluding carboxylic acids is 1. The van der Waals surface area contributed by atoms with Crippen molar-refractivity contribution >= 4 is 12.0 Å². The van der Waals surface area contributed by atoms with E-state index in [0.29, 0.717) is 18.3 Å². The lowest BCUT2D eigenvalue weighted by atomic mass is 10.1. The lowest BCUT2D eigenvalue weighted by Gasteiger charge is -2.35. The number of benzene rings is 1. The Morgan fingerprint density at radius 3 is 2.52 bits per heavy atom. The molecule has 0 atom stereocenters. The molecular formula is C20H30N2O3. The van der Waals surface area contributed by atoms with Gasteiger partial charge in [-0.2, -0.15) is 0 Å². The van der Waals surface area contributed by atoms with Crippen molar-refractivity contribution in [3.8, 4) is 11.5 Å². The first-order valence-corrected chi connectivity index (χ1v) is 9.03. The number of nitrogens with zero attached hydrogens (tertiary/aromatic N) is 2. The van der Waals surface area contributed by atoms with Crippen LogP contribution in [0.5, 0.6) is 11.5 Å². The maximum Gasteiger partial charge on any atom is 0.246 e. The second-order valence-corrected chi connectivity index (χ2v) is 6.70. The number of ether oxygens (including phenoxy) is 2. The highest BCUT2D eigenvalue weighted by atomic mass is 16.5. The van der Waals surface area contributed by atoms with Crippen molar-refractivity contribution in [2.45, 2.75) is 20.8 Å². The zero-order chi connectivity index (χ0) is 18.2. The fourth-order valence-corrected chi connectivity index (χ4v) is 3.00. The van der Waals surface area contributed by atoms with E-state index < -0.39 is 0 Å². The summed E-state index contributed by atoms with van der Waals surface area (Å²) < 4.78 is 10.9. The SMILES string of the molecule is CCOc1ccc(/C=C/C(=O)N2CCN(CC(C)C)CC2)cc1OC. The molecule has 0 aromatic heterocycles. The number of hydrogen-bond donors (Lipinski definition) is 0. The average Bonchev–Trinajstić information content (AvgIpc) is 2.61. The van der Waals surface area contributed by atoms with Crippen LogP contribution in [0.3, 0.4) is 0 Å². The van der Waals surface area contributed by atoms with Gasteiger partial charge in [0.2, 0.25) is 5.91 Å². The van der Waals surface area contributed by atoms with Crippen LogP contribution in [0.1, 0.15) is 26.3 Å². The van der Waals surface area contributed by atoms with Crippen molar-refractivity contribution in [2.24, 2.45) is 5.92 Å². The molecule has 1 aromatic rings. The Morgan fingerprint density at radius 1 is 1.20 bits per heavy atom. The Balaban J connectivity index is 1.92. The maximum atomic E-state index is 12.4. The third kappa shape index (κ3) is 5.78. The molecule has 1 aromatic carbocycles. The van der Waals surface area contributed by atoms with E-state index in [4.69, 9.17) is 9.47 Å². The van der Waals surface area contributed by atoms with E-state index in [-0.39, 0.29) is 5.91 Å². The zero-order valence-electron chi connectivity index (χ0n) is 15.8. The van der Waals surface area contributed by atoms with Crippen molar-refractivity contribution < 1.29 is 14.3 Å². The summed E-state index contributed by atoms with van der Waals surface area (Å²) in [6, 6.07) is 5.68. The van der Waals surface area contributed by atoms with Crippen molar-refractivity contribution in [3.63, 3.8) is 0 Å². The van der Waals surface area contributed by atoms with Crippen LogP contribution in [0.4, 0.5) is 0 Å². The fraction of sp³-hybridized carbons (Fsp3) is 0.550. The van der Waals surface area contributed by atoms with Crippen LogP contribution in [-0.4, -0.2) is 62.1 Å². The van der Waals surface area contributed by atoms with Gasteiger partial charge in [0.15, 0.2) is 11.5 Å². The van der Waals surface area contributed by atoms with Gasteiger partial charge in [-0.05, 0) is 36.6 Å². The Hall–Kier alpha value is -2.01.